The molecule has 3 aromatic rings. The lowest BCUT2D eigenvalue weighted by Gasteiger charge is -2.31. The summed E-state index contributed by atoms with van der Waals surface area (Å²) in [7, 11) is -0.0528. The molecule has 0 aliphatic rings. The van der Waals surface area contributed by atoms with E-state index >= 15 is 0 Å². The fourth-order valence-corrected chi connectivity index (χ4v) is 7.62. The maximum absolute atomic E-state index is 5.93. The van der Waals surface area contributed by atoms with E-state index in [9.17, 15) is 0 Å². The van der Waals surface area contributed by atoms with Gasteiger partial charge in [-0.05, 0) is 43.3 Å². The molecule has 0 spiro atoms. The largest absolute Gasteiger partial charge is 0.346 e. The van der Waals surface area contributed by atoms with Gasteiger partial charge >= 0.3 is 0 Å². The van der Waals surface area contributed by atoms with Crippen LogP contribution in [0.2, 0.25) is 0 Å². The van der Waals surface area contributed by atoms with Gasteiger partial charge in [-0.1, -0.05) is 54.6 Å². The fourth-order valence-electron chi connectivity index (χ4n) is 3.22. The second kappa shape index (κ2) is 7.08. The van der Waals surface area contributed by atoms with Gasteiger partial charge in [0.15, 0.2) is 5.85 Å². The van der Waals surface area contributed by atoms with Crippen LogP contribution < -0.4 is 15.9 Å². The molecule has 0 bridgehead atoms. The first kappa shape index (κ1) is 15.9. The summed E-state index contributed by atoms with van der Waals surface area (Å²) in [5.74, 6) is 0.106. The first-order valence-corrected chi connectivity index (χ1v) is 9.74. The zero-order valence-electron chi connectivity index (χ0n) is 13.6. The molecular weight excluding hydrogens is 299 g/mol. The minimum absolute atomic E-state index is 0.106. The topological polar surface area (TPSA) is 9.23 Å². The Hall–Kier alpha value is -1.95. The summed E-state index contributed by atoms with van der Waals surface area (Å²) < 4.78 is 5.93. The van der Waals surface area contributed by atoms with E-state index in [0.29, 0.717) is 0 Å². The standard InChI is InChI=1S/C21H22OP/c1-18(22-2)23(19-12-6-3-7-13-19,20-14-8-4-9-15-20)21-16-10-5-11-17-21/h3-18H,1-2H3/q+1/t18-/m1/s1. The van der Waals surface area contributed by atoms with Crippen LogP contribution in [0.3, 0.4) is 0 Å². The summed E-state index contributed by atoms with van der Waals surface area (Å²) in [5.41, 5.74) is 0. The van der Waals surface area contributed by atoms with Crippen molar-refractivity contribution in [3.63, 3.8) is 0 Å². The summed E-state index contributed by atoms with van der Waals surface area (Å²) in [4.78, 5) is 0. The molecule has 2 heteroatoms. The van der Waals surface area contributed by atoms with Gasteiger partial charge in [-0.2, -0.15) is 0 Å². The molecule has 116 valence electrons. The van der Waals surface area contributed by atoms with Crippen molar-refractivity contribution in [3.8, 4) is 0 Å². The van der Waals surface area contributed by atoms with Crippen molar-refractivity contribution in [3.05, 3.63) is 91.0 Å². The lowest BCUT2D eigenvalue weighted by molar-refractivity contribution is 0.183. The van der Waals surface area contributed by atoms with Crippen LogP contribution in [-0.4, -0.2) is 13.0 Å². The second-order valence-electron chi connectivity index (χ2n) is 5.56. The Kier molecular flexibility index (Phi) is 4.91. The van der Waals surface area contributed by atoms with Crippen molar-refractivity contribution in [2.24, 2.45) is 0 Å². The molecule has 0 N–H and O–H groups in total. The Morgan fingerprint density at radius 3 is 1.17 bits per heavy atom. The highest BCUT2D eigenvalue weighted by Gasteiger charge is 2.50. The molecule has 0 aliphatic heterocycles. The van der Waals surface area contributed by atoms with Crippen LogP contribution in [0.25, 0.3) is 0 Å². The Bertz CT molecular complexity index is 629. The predicted molar refractivity (Wildman–Crippen MR) is 102 cm³/mol. The Morgan fingerprint density at radius 2 is 0.913 bits per heavy atom. The van der Waals surface area contributed by atoms with Crippen LogP contribution >= 0.6 is 7.26 Å². The summed E-state index contributed by atoms with van der Waals surface area (Å²) in [5, 5.41) is 4.06. The van der Waals surface area contributed by atoms with Gasteiger partial charge in [-0.25, -0.2) is 0 Å². The van der Waals surface area contributed by atoms with E-state index in [1.165, 1.54) is 15.9 Å². The monoisotopic (exact) mass is 321 g/mol. The highest BCUT2D eigenvalue weighted by molar-refractivity contribution is 7.96. The van der Waals surface area contributed by atoms with Gasteiger partial charge in [-0.15, -0.1) is 0 Å². The van der Waals surface area contributed by atoms with E-state index in [1.54, 1.807) is 0 Å². The highest BCUT2D eigenvalue weighted by Crippen LogP contribution is 2.59. The van der Waals surface area contributed by atoms with Crippen LogP contribution in [-0.2, 0) is 4.74 Å². The van der Waals surface area contributed by atoms with Crippen LogP contribution in [0.15, 0.2) is 91.0 Å². The zero-order valence-corrected chi connectivity index (χ0v) is 14.5. The van der Waals surface area contributed by atoms with Gasteiger partial charge in [0, 0.05) is 7.11 Å². The molecule has 0 radical (unpaired) electrons. The van der Waals surface area contributed by atoms with E-state index in [-0.39, 0.29) is 5.85 Å². The van der Waals surface area contributed by atoms with Crippen LogP contribution in [0.1, 0.15) is 6.92 Å². The third kappa shape index (κ3) is 2.83. The van der Waals surface area contributed by atoms with Crippen molar-refractivity contribution in [2.45, 2.75) is 12.8 Å². The fraction of sp³-hybridized carbons (Fsp3) is 0.143. The molecule has 1 atom stereocenters. The highest BCUT2D eigenvalue weighted by atomic mass is 31.2. The number of hydrogen-bond acceptors (Lipinski definition) is 1. The van der Waals surface area contributed by atoms with Gasteiger partial charge in [0.05, 0.1) is 0 Å². The average molecular weight is 321 g/mol. The van der Waals surface area contributed by atoms with E-state index in [0.717, 1.165) is 0 Å². The van der Waals surface area contributed by atoms with Crippen molar-refractivity contribution in [2.75, 3.05) is 7.11 Å². The Labute approximate surface area is 139 Å². The minimum Gasteiger partial charge on any atom is -0.346 e. The molecule has 1 nitrogen and oxygen atoms in total. The molecule has 3 aromatic carbocycles. The van der Waals surface area contributed by atoms with Crippen LogP contribution in [0, 0.1) is 0 Å². The van der Waals surface area contributed by atoms with Crippen molar-refractivity contribution in [1.29, 1.82) is 0 Å². The number of benzene rings is 3. The summed E-state index contributed by atoms with van der Waals surface area (Å²) in [6.07, 6.45) is 0. The molecule has 0 saturated carbocycles. The van der Waals surface area contributed by atoms with E-state index in [1.807, 2.05) is 7.11 Å². The molecule has 0 unspecified atom stereocenters. The normalized spacial score (nSPS) is 12.8. The van der Waals surface area contributed by atoms with Gasteiger partial charge in [0.1, 0.15) is 23.2 Å². The maximum atomic E-state index is 5.93. The van der Waals surface area contributed by atoms with E-state index in [4.69, 9.17) is 4.74 Å². The van der Waals surface area contributed by atoms with Crippen LogP contribution in [0.5, 0.6) is 0 Å². The summed E-state index contributed by atoms with van der Waals surface area (Å²) in [6.45, 7) is 2.20. The van der Waals surface area contributed by atoms with Gasteiger partial charge in [0.2, 0.25) is 0 Å². The summed E-state index contributed by atoms with van der Waals surface area (Å²) >= 11 is 0. The van der Waals surface area contributed by atoms with Crippen molar-refractivity contribution >= 4 is 23.2 Å². The third-order valence-corrected chi connectivity index (χ3v) is 9.02. The molecular formula is C21H22OP+. The van der Waals surface area contributed by atoms with E-state index in [2.05, 4.69) is 97.9 Å². The molecule has 3 rings (SSSR count). The molecule has 0 aromatic heterocycles. The van der Waals surface area contributed by atoms with Crippen molar-refractivity contribution in [1.82, 2.24) is 0 Å². The third-order valence-electron chi connectivity index (χ3n) is 4.38. The first-order valence-electron chi connectivity index (χ1n) is 7.88. The number of hydrogen-bond donors (Lipinski definition) is 0. The average Bonchev–Trinajstić information content (AvgIpc) is 2.65. The van der Waals surface area contributed by atoms with Gasteiger partial charge in [0.25, 0.3) is 0 Å². The number of methoxy groups -OCH3 is 1. The van der Waals surface area contributed by atoms with E-state index < -0.39 is 7.26 Å². The molecule has 0 saturated heterocycles. The van der Waals surface area contributed by atoms with Gasteiger partial charge in [-0.3, -0.25) is 0 Å². The Balaban J connectivity index is 2.35. The SMILES string of the molecule is CO[C@@H](C)[P+](c1ccccc1)(c1ccccc1)c1ccccc1. The maximum Gasteiger partial charge on any atom is 0.178 e. The quantitative estimate of drug-likeness (QED) is 0.646. The summed E-state index contributed by atoms with van der Waals surface area (Å²) in [6, 6.07) is 32.4. The lowest BCUT2D eigenvalue weighted by Crippen LogP contribution is -2.38. The molecule has 0 aliphatic carbocycles. The predicted octanol–water partition coefficient (Wildman–Crippen LogP) is 3.97. The van der Waals surface area contributed by atoms with Crippen molar-refractivity contribution < 1.29 is 4.74 Å². The number of ether oxygens (including phenoxy) is 1. The second-order valence-corrected chi connectivity index (χ2v) is 9.29. The Morgan fingerprint density at radius 1 is 0.609 bits per heavy atom. The molecule has 0 amide bonds. The zero-order chi connectivity index (χ0) is 16.1. The molecule has 0 heterocycles. The first-order chi connectivity index (χ1) is 11.3. The smallest absolute Gasteiger partial charge is 0.178 e. The number of rotatable bonds is 5. The lowest BCUT2D eigenvalue weighted by atomic mass is 10.4. The van der Waals surface area contributed by atoms with Crippen LogP contribution in [0.4, 0.5) is 0 Å². The molecule has 0 fully saturated rings. The minimum atomic E-state index is -1.87. The van der Waals surface area contributed by atoms with Gasteiger partial charge < -0.3 is 4.74 Å². The molecule has 23 heavy (non-hydrogen) atoms.